The lowest BCUT2D eigenvalue weighted by Gasteiger charge is -2.29. The van der Waals surface area contributed by atoms with Gasteiger partial charge in [-0.25, -0.2) is 4.98 Å². The molecule has 0 saturated carbocycles. The van der Waals surface area contributed by atoms with Crippen molar-refractivity contribution in [2.24, 2.45) is 0 Å². The van der Waals surface area contributed by atoms with E-state index < -0.39 is 29.6 Å². The molecule has 4 atom stereocenters. The van der Waals surface area contributed by atoms with Crippen LogP contribution in [0.5, 0.6) is 0 Å². The first kappa shape index (κ1) is 17.3. The Morgan fingerprint density at radius 1 is 1.39 bits per heavy atom. The minimum atomic E-state index is -0.993. The Kier molecular flexibility index (Phi) is 3.95. The number of nitrogens with zero attached hydrogens (tertiary/aromatic N) is 3. The maximum absolute atomic E-state index is 12.0. The smallest absolute Gasteiger partial charge is 0.280 e. The van der Waals surface area contributed by atoms with Crippen LogP contribution in [0.1, 0.15) is 11.8 Å². The fraction of sp³-hybridized carbons (Fsp3) is 0.389. The molecule has 2 bridgehead atoms. The molecule has 2 saturated heterocycles. The van der Waals surface area contributed by atoms with Crippen molar-refractivity contribution < 1.29 is 19.3 Å². The van der Waals surface area contributed by atoms with E-state index in [-0.39, 0.29) is 30.3 Å². The summed E-state index contributed by atoms with van der Waals surface area (Å²) in [5, 5.41) is 10.0. The van der Waals surface area contributed by atoms with Crippen molar-refractivity contribution in [3.8, 4) is 0 Å². The lowest BCUT2D eigenvalue weighted by molar-refractivity contribution is -0.187. The van der Waals surface area contributed by atoms with Gasteiger partial charge in [0.2, 0.25) is 5.95 Å². The number of nitrogen functional groups attached to an aromatic ring is 1. The maximum atomic E-state index is 12.0. The molecule has 4 heterocycles. The van der Waals surface area contributed by atoms with Crippen LogP contribution in [-0.2, 0) is 20.8 Å². The third-order valence-corrected chi connectivity index (χ3v) is 5.24. The summed E-state index contributed by atoms with van der Waals surface area (Å²) in [6.07, 6.45) is -0.170. The lowest BCUT2D eigenvalue weighted by atomic mass is 10.00. The number of imidazole rings is 1. The maximum Gasteiger partial charge on any atom is 0.280 e. The highest BCUT2D eigenvalue weighted by Crippen LogP contribution is 2.47. The molecule has 0 radical (unpaired) electrons. The third kappa shape index (κ3) is 2.53. The van der Waals surface area contributed by atoms with E-state index in [9.17, 15) is 9.90 Å². The van der Waals surface area contributed by atoms with Crippen LogP contribution in [0.2, 0.25) is 0 Å². The molecular weight excluding hydrogens is 366 g/mol. The zero-order valence-electron chi connectivity index (χ0n) is 14.8. The Balaban J connectivity index is 1.47. The van der Waals surface area contributed by atoms with Gasteiger partial charge in [0, 0.05) is 0 Å². The number of aliphatic hydroxyl groups excluding tert-OH is 1. The van der Waals surface area contributed by atoms with Crippen LogP contribution in [0.25, 0.3) is 11.2 Å². The quantitative estimate of drug-likeness (QED) is 0.556. The number of hydrogen-bond acceptors (Lipinski definition) is 8. The second-order valence-corrected chi connectivity index (χ2v) is 7.00. The Labute approximate surface area is 158 Å². The van der Waals surface area contributed by atoms with E-state index in [2.05, 4.69) is 15.0 Å². The van der Waals surface area contributed by atoms with Crippen LogP contribution in [-0.4, -0.2) is 55.6 Å². The number of aliphatic hydroxyl groups is 1. The summed E-state index contributed by atoms with van der Waals surface area (Å²) in [7, 11) is 0. The molecule has 10 heteroatoms. The van der Waals surface area contributed by atoms with Crippen molar-refractivity contribution in [3.05, 3.63) is 52.6 Å². The van der Waals surface area contributed by atoms with Gasteiger partial charge in [0.25, 0.3) is 5.56 Å². The summed E-state index contributed by atoms with van der Waals surface area (Å²) in [6, 6.07) is 9.73. The average molecular weight is 385 g/mol. The second kappa shape index (κ2) is 6.38. The first-order valence-corrected chi connectivity index (χ1v) is 8.89. The largest absolute Gasteiger partial charge is 0.393 e. The van der Waals surface area contributed by atoms with Crippen molar-refractivity contribution in [1.29, 1.82) is 0 Å². The van der Waals surface area contributed by atoms with Crippen molar-refractivity contribution in [3.63, 3.8) is 0 Å². The number of rotatable bonds is 5. The van der Waals surface area contributed by atoms with Gasteiger partial charge in [0.05, 0.1) is 26.1 Å². The molecule has 28 heavy (non-hydrogen) atoms. The van der Waals surface area contributed by atoms with Crippen LogP contribution >= 0.6 is 0 Å². The van der Waals surface area contributed by atoms with E-state index in [4.69, 9.17) is 19.9 Å². The molecule has 1 unspecified atom stereocenters. The molecule has 0 spiro atoms. The molecule has 4 N–H and O–H groups in total. The lowest BCUT2D eigenvalue weighted by Crippen LogP contribution is -2.45. The first-order chi connectivity index (χ1) is 13.6. The van der Waals surface area contributed by atoms with Gasteiger partial charge in [-0.1, -0.05) is 30.3 Å². The van der Waals surface area contributed by atoms with Crippen molar-refractivity contribution in [2.45, 2.75) is 30.6 Å². The fourth-order valence-electron chi connectivity index (χ4n) is 3.87. The molecule has 0 amide bonds. The predicted octanol–water partition coefficient (Wildman–Crippen LogP) is -0.0541. The minimum absolute atomic E-state index is 0.0166. The molecule has 2 fully saturated rings. The number of aromatic amines is 1. The zero-order valence-corrected chi connectivity index (χ0v) is 14.8. The Bertz CT molecular complexity index is 1070. The number of aromatic nitrogens is 4. The van der Waals surface area contributed by atoms with Gasteiger partial charge in [-0.15, -0.1) is 0 Å². The Morgan fingerprint density at radius 2 is 2.21 bits per heavy atom. The topological polar surface area (TPSA) is 138 Å². The highest BCUT2D eigenvalue weighted by Gasteiger charge is 2.63. The van der Waals surface area contributed by atoms with Crippen LogP contribution in [0.3, 0.4) is 0 Å². The fourth-order valence-corrected chi connectivity index (χ4v) is 3.87. The number of fused-ring (bicyclic) bond motifs is 3. The number of nitrogens with one attached hydrogen (secondary N) is 1. The van der Waals surface area contributed by atoms with Gasteiger partial charge in [0.1, 0.15) is 17.8 Å². The number of nitrogens with two attached hydrogens (primary N) is 1. The van der Waals surface area contributed by atoms with E-state index in [1.165, 1.54) is 6.33 Å². The second-order valence-electron chi connectivity index (χ2n) is 7.00. The summed E-state index contributed by atoms with van der Waals surface area (Å²) in [5.41, 5.74) is 5.70. The van der Waals surface area contributed by atoms with E-state index in [1.54, 1.807) is 4.57 Å². The van der Waals surface area contributed by atoms with Crippen molar-refractivity contribution in [1.82, 2.24) is 19.5 Å². The Morgan fingerprint density at radius 3 is 3.00 bits per heavy atom. The Hall–Kier alpha value is -2.79. The normalized spacial score (nSPS) is 29.0. The van der Waals surface area contributed by atoms with Crippen LogP contribution in [0.15, 0.2) is 41.5 Å². The summed E-state index contributed by atoms with van der Waals surface area (Å²) < 4.78 is 19.7. The molecule has 2 aliphatic rings. The molecule has 2 aromatic heterocycles. The van der Waals surface area contributed by atoms with E-state index >= 15 is 0 Å². The van der Waals surface area contributed by atoms with Gasteiger partial charge in [-0.05, 0) is 5.56 Å². The molecule has 0 aliphatic carbocycles. The van der Waals surface area contributed by atoms with E-state index in [1.807, 2.05) is 30.3 Å². The number of hydrogen-bond donors (Lipinski definition) is 3. The summed E-state index contributed by atoms with van der Waals surface area (Å²) in [5.74, 6) is -0.0166. The van der Waals surface area contributed by atoms with Crippen LogP contribution in [0.4, 0.5) is 5.95 Å². The minimum Gasteiger partial charge on any atom is -0.393 e. The highest BCUT2D eigenvalue weighted by atomic mass is 16.7. The summed E-state index contributed by atoms with van der Waals surface area (Å²) in [6.45, 7) is 0.313. The summed E-state index contributed by atoms with van der Waals surface area (Å²) >= 11 is 0. The molecule has 5 rings (SSSR count). The SMILES string of the molecule is Nc1nc2c(ncn2[C@@H]2OC3(CO)CO[C@@H]2[C@@H]3OCc2ccccc2)c(=O)[nH]1. The van der Waals surface area contributed by atoms with Crippen LogP contribution < -0.4 is 11.3 Å². The van der Waals surface area contributed by atoms with Gasteiger partial charge in [0.15, 0.2) is 17.4 Å². The standard InChI is InChI=1S/C18H19N5O5/c19-17-21-14-11(15(25)22-17)20-9-23(14)16-12-13(18(7-24,28-16)8-27-12)26-6-10-4-2-1-3-5-10/h1-5,9,12-13,16,24H,6-8H2,(H3,19,21,22,25)/t12-,13+,16-,18?/m1/s1. The number of benzene rings is 1. The van der Waals surface area contributed by atoms with Gasteiger partial charge < -0.3 is 25.1 Å². The first-order valence-electron chi connectivity index (χ1n) is 8.89. The van der Waals surface area contributed by atoms with Crippen molar-refractivity contribution in [2.75, 3.05) is 18.9 Å². The van der Waals surface area contributed by atoms with Crippen LogP contribution in [0, 0.1) is 0 Å². The molecule has 10 nitrogen and oxygen atoms in total. The molecule has 2 aliphatic heterocycles. The molecular formula is C18H19N5O5. The van der Waals surface area contributed by atoms with E-state index in [0.717, 1.165) is 5.56 Å². The van der Waals surface area contributed by atoms with Gasteiger partial charge in [-0.2, -0.15) is 4.98 Å². The van der Waals surface area contributed by atoms with E-state index in [0.29, 0.717) is 6.61 Å². The predicted molar refractivity (Wildman–Crippen MR) is 97.3 cm³/mol. The number of anilines is 1. The third-order valence-electron chi connectivity index (χ3n) is 5.24. The number of ether oxygens (including phenoxy) is 3. The molecule has 3 aromatic rings. The summed E-state index contributed by atoms with van der Waals surface area (Å²) in [4.78, 5) is 22.8. The molecule has 146 valence electrons. The highest BCUT2D eigenvalue weighted by molar-refractivity contribution is 5.70. The van der Waals surface area contributed by atoms with Gasteiger partial charge >= 0.3 is 0 Å². The average Bonchev–Trinajstić information content (AvgIpc) is 3.37. The van der Waals surface area contributed by atoms with Gasteiger partial charge in [-0.3, -0.25) is 14.3 Å². The van der Waals surface area contributed by atoms with Crippen molar-refractivity contribution >= 4 is 17.1 Å². The zero-order chi connectivity index (χ0) is 19.3. The monoisotopic (exact) mass is 385 g/mol. The number of H-pyrrole nitrogens is 1. The molecule has 1 aromatic carbocycles.